The molecule has 1 unspecified atom stereocenters. The van der Waals surface area contributed by atoms with Gasteiger partial charge in [-0.25, -0.2) is 5.84 Å². The number of allylic oxidation sites excluding steroid dienone is 1. The number of rotatable bonds is 8. The molecule has 2 aliphatic carbocycles. The third-order valence-electron chi connectivity index (χ3n) is 9.91. The number of carboxylic acids is 1. The van der Waals surface area contributed by atoms with Gasteiger partial charge in [-0.2, -0.15) is 13.2 Å². The topological polar surface area (TPSA) is 142 Å². The van der Waals surface area contributed by atoms with Crippen molar-refractivity contribution in [2.45, 2.75) is 70.5 Å². The minimum atomic E-state index is -4.83. The number of likely N-dealkylation sites (tertiary alicyclic amines) is 1. The summed E-state index contributed by atoms with van der Waals surface area (Å²) in [6.45, 7) is 1.85. The zero-order valence-corrected chi connectivity index (χ0v) is 25.6. The van der Waals surface area contributed by atoms with Gasteiger partial charge < -0.3 is 30.4 Å². The normalized spacial score (nSPS) is 26.8. The number of carbonyl (C=O) groups is 3. The van der Waals surface area contributed by atoms with Crippen molar-refractivity contribution in [2.24, 2.45) is 28.3 Å². The number of alkyl halides is 3. The molecule has 0 radical (unpaired) electrons. The lowest BCUT2D eigenvalue weighted by Gasteiger charge is -2.45. The molecule has 5 N–H and O–H groups in total. The lowest BCUT2D eigenvalue weighted by atomic mass is 9.66. The Morgan fingerprint density at radius 1 is 1.23 bits per heavy atom. The van der Waals surface area contributed by atoms with Gasteiger partial charge in [0.1, 0.15) is 12.4 Å². The Morgan fingerprint density at radius 2 is 1.93 bits per heavy atom. The highest BCUT2D eigenvalue weighted by Gasteiger charge is 2.54. The third kappa shape index (κ3) is 5.92. The molecule has 0 aromatic heterocycles. The van der Waals surface area contributed by atoms with Gasteiger partial charge in [0.2, 0.25) is 11.8 Å². The summed E-state index contributed by atoms with van der Waals surface area (Å²) in [4.78, 5) is 43.2. The maximum absolute atomic E-state index is 14.3. The first-order chi connectivity index (χ1) is 20.6. The molecule has 3 fully saturated rings. The first-order valence-corrected chi connectivity index (χ1v) is 15.3. The van der Waals surface area contributed by atoms with E-state index in [1.165, 1.54) is 6.07 Å². The maximum atomic E-state index is 14.3. The second-order valence-electron chi connectivity index (χ2n) is 13.0. The first kappa shape index (κ1) is 32.2. The number of hydrogen-bond donors (Lipinski definition) is 3. The Balaban J connectivity index is 1.55. The fraction of sp³-hybridized carbons (Fsp3) is 0.633. The van der Waals surface area contributed by atoms with Crippen LogP contribution in [-0.4, -0.2) is 77.2 Å². The lowest BCUT2D eigenvalue weighted by Crippen LogP contribution is -2.52. The molecule has 2 heterocycles. The molecule has 1 aromatic rings. The van der Waals surface area contributed by atoms with Crippen molar-refractivity contribution in [2.75, 3.05) is 33.3 Å². The van der Waals surface area contributed by atoms with Crippen LogP contribution in [0, 0.1) is 16.7 Å². The Labute approximate surface area is 259 Å². The van der Waals surface area contributed by atoms with Crippen molar-refractivity contribution >= 4 is 29.4 Å². The van der Waals surface area contributed by atoms with Gasteiger partial charge in [0.05, 0.1) is 23.1 Å². The molecule has 3 atom stereocenters. The summed E-state index contributed by atoms with van der Waals surface area (Å²) in [6.07, 6.45) is -0.00948. The molecule has 5 rings (SSSR count). The zero-order valence-electron chi connectivity index (χ0n) is 24.9. The van der Waals surface area contributed by atoms with Crippen LogP contribution < -0.4 is 16.3 Å². The molecule has 4 aliphatic rings. The van der Waals surface area contributed by atoms with E-state index in [0.29, 0.717) is 66.2 Å². The minimum absolute atomic E-state index is 0.0347. The third-order valence-corrected chi connectivity index (χ3v) is 10.3. The van der Waals surface area contributed by atoms with Crippen LogP contribution in [0.15, 0.2) is 23.5 Å². The van der Waals surface area contributed by atoms with Crippen LogP contribution >= 0.6 is 11.6 Å². The van der Waals surface area contributed by atoms with E-state index in [2.05, 4.69) is 0 Å². The van der Waals surface area contributed by atoms with Crippen LogP contribution in [0.4, 0.5) is 13.2 Å². The zero-order chi connectivity index (χ0) is 32.2. The van der Waals surface area contributed by atoms with Gasteiger partial charge >= 0.3 is 12.1 Å². The Morgan fingerprint density at radius 3 is 2.52 bits per heavy atom. The van der Waals surface area contributed by atoms with Crippen LogP contribution in [0.1, 0.15) is 69.0 Å². The fourth-order valence-electron chi connectivity index (χ4n) is 7.25. The Kier molecular flexibility index (Phi) is 8.51. The standard InChI is InChI=1S/C30H39ClF3N5O5/c1-28(27(42)43)9-4-3-5-18(28)26(41)39-12-8-17-19(31)6-7-22(44-15-20(35)25(37(2)36)30(32,33)34)24(17)21(39)14-38-16-29(10-11-29)13-23(38)40/h6-7,18,21H,3-5,8-16,35-36H2,1-2H3,(H,42,43)/b25-20-/t18-,21?,28-/m0/s1. The largest absolute Gasteiger partial charge is 0.487 e. The summed E-state index contributed by atoms with van der Waals surface area (Å²) in [5.41, 5.74) is 3.77. The van der Waals surface area contributed by atoms with E-state index >= 15 is 0 Å². The average molecular weight is 642 g/mol. The molecule has 2 amide bonds. The van der Waals surface area contributed by atoms with Gasteiger partial charge in [-0.15, -0.1) is 0 Å². The first-order valence-electron chi connectivity index (χ1n) is 14.9. The van der Waals surface area contributed by atoms with Gasteiger partial charge in [0.15, 0.2) is 5.70 Å². The molecule has 1 spiro atoms. The van der Waals surface area contributed by atoms with Gasteiger partial charge in [-0.1, -0.05) is 24.4 Å². The van der Waals surface area contributed by atoms with E-state index in [0.717, 1.165) is 19.9 Å². The highest BCUT2D eigenvalue weighted by molar-refractivity contribution is 6.31. The smallest absolute Gasteiger partial charge is 0.434 e. The van der Waals surface area contributed by atoms with Crippen molar-refractivity contribution < 1.29 is 37.4 Å². The van der Waals surface area contributed by atoms with Gasteiger partial charge in [0.25, 0.3) is 0 Å². The van der Waals surface area contributed by atoms with Gasteiger partial charge in [-0.3, -0.25) is 14.4 Å². The molecule has 10 nitrogen and oxygen atoms in total. The summed E-state index contributed by atoms with van der Waals surface area (Å²) in [5.74, 6) is 3.42. The molecule has 2 aliphatic heterocycles. The number of carbonyl (C=O) groups excluding carboxylic acids is 2. The number of carboxylic acid groups (broad SMARTS) is 1. The monoisotopic (exact) mass is 641 g/mol. The molecule has 1 saturated heterocycles. The van der Waals surface area contributed by atoms with E-state index in [-0.39, 0.29) is 36.1 Å². The minimum Gasteiger partial charge on any atom is -0.487 e. The maximum Gasteiger partial charge on any atom is 0.434 e. The van der Waals surface area contributed by atoms with Crippen molar-refractivity contribution in [3.8, 4) is 5.75 Å². The van der Waals surface area contributed by atoms with Gasteiger partial charge in [0, 0.05) is 43.7 Å². The van der Waals surface area contributed by atoms with Crippen molar-refractivity contribution in [1.82, 2.24) is 14.8 Å². The lowest BCUT2D eigenvalue weighted by molar-refractivity contribution is -0.162. The summed E-state index contributed by atoms with van der Waals surface area (Å²) in [5, 5.41) is 10.9. The van der Waals surface area contributed by atoms with Crippen LogP contribution in [0.25, 0.3) is 0 Å². The number of amides is 2. The predicted octanol–water partition coefficient (Wildman–Crippen LogP) is 3.98. The highest BCUT2D eigenvalue weighted by atomic mass is 35.5. The number of nitrogens with two attached hydrogens (primary N) is 2. The molecular weight excluding hydrogens is 603 g/mol. The Hall–Kier alpha value is -3.19. The number of fused-ring (bicyclic) bond motifs is 1. The van der Waals surface area contributed by atoms with Crippen LogP contribution in [0.5, 0.6) is 5.75 Å². The average Bonchev–Trinajstić information content (AvgIpc) is 3.61. The highest BCUT2D eigenvalue weighted by Crippen LogP contribution is 2.54. The molecule has 1 aromatic carbocycles. The second-order valence-corrected chi connectivity index (χ2v) is 13.4. The number of hydrogen-bond acceptors (Lipinski definition) is 7. The molecule has 242 valence electrons. The predicted molar refractivity (Wildman–Crippen MR) is 155 cm³/mol. The van der Waals surface area contributed by atoms with Crippen LogP contribution in [0.3, 0.4) is 0 Å². The summed E-state index contributed by atoms with van der Waals surface area (Å²) < 4.78 is 46.9. The van der Waals surface area contributed by atoms with Gasteiger partial charge in [-0.05, 0) is 62.1 Å². The number of halogens is 4. The van der Waals surface area contributed by atoms with E-state index in [9.17, 15) is 32.7 Å². The number of hydrazine groups is 1. The molecule has 44 heavy (non-hydrogen) atoms. The summed E-state index contributed by atoms with van der Waals surface area (Å²) in [7, 11) is 1.02. The Bertz CT molecular complexity index is 1380. The fourth-order valence-corrected chi connectivity index (χ4v) is 7.51. The molecule has 0 bridgehead atoms. The summed E-state index contributed by atoms with van der Waals surface area (Å²) >= 11 is 6.63. The quantitative estimate of drug-likeness (QED) is 0.286. The number of ether oxygens (including phenoxy) is 1. The van der Waals surface area contributed by atoms with Crippen LogP contribution in [-0.2, 0) is 20.8 Å². The molecule has 2 saturated carbocycles. The molecule has 14 heteroatoms. The van der Waals surface area contributed by atoms with Crippen molar-refractivity contribution in [1.29, 1.82) is 0 Å². The van der Waals surface area contributed by atoms with E-state index in [1.807, 2.05) is 0 Å². The second kappa shape index (κ2) is 11.6. The number of benzene rings is 1. The SMILES string of the molecule is CN(N)/C(=C(\N)COc1ccc(Cl)c2c1C(CN1CC3(CC3)CC1=O)N(C(=O)[C@@H]1CCCC[C@]1(C)C(=O)O)CC2)C(F)(F)F. The van der Waals surface area contributed by atoms with E-state index in [4.69, 9.17) is 27.9 Å². The van der Waals surface area contributed by atoms with Crippen molar-refractivity contribution in [3.63, 3.8) is 0 Å². The molecular formula is C30H39ClF3N5O5. The number of nitrogens with zero attached hydrogens (tertiary/aromatic N) is 3. The van der Waals surface area contributed by atoms with Crippen LogP contribution in [0.2, 0.25) is 5.02 Å². The van der Waals surface area contributed by atoms with Crippen molar-refractivity contribution in [3.05, 3.63) is 39.7 Å². The number of aliphatic carboxylic acids is 1. The summed E-state index contributed by atoms with van der Waals surface area (Å²) in [6, 6.07) is 2.33. The van der Waals surface area contributed by atoms with E-state index < -0.39 is 47.5 Å². The van der Waals surface area contributed by atoms with E-state index in [1.54, 1.807) is 22.8 Å².